The number of aryl methyl sites for hydroxylation is 1. The third-order valence-electron chi connectivity index (χ3n) is 4.12. The number of phenols is 1. The van der Waals surface area contributed by atoms with Crippen LogP contribution in [-0.4, -0.2) is 12.2 Å². The second kappa shape index (κ2) is 8.82. The van der Waals surface area contributed by atoms with Gasteiger partial charge < -0.3 is 19.9 Å². The van der Waals surface area contributed by atoms with Crippen molar-refractivity contribution in [2.45, 2.75) is 20.1 Å². The Labute approximate surface area is 167 Å². The maximum absolute atomic E-state index is 9.36. The first-order chi connectivity index (χ1) is 13.0. The summed E-state index contributed by atoms with van der Waals surface area (Å²) in [5.74, 6) is 1.62. The van der Waals surface area contributed by atoms with Gasteiger partial charge in [0.2, 0.25) is 0 Å². The zero-order valence-corrected chi connectivity index (χ0v) is 16.9. The van der Waals surface area contributed by atoms with Crippen LogP contribution in [0.25, 0.3) is 0 Å². The molecular weight excluding hydrogens is 406 g/mol. The molecule has 4 nitrogen and oxygen atoms in total. The second-order valence-corrected chi connectivity index (χ2v) is 7.14. The molecule has 0 aliphatic rings. The van der Waals surface area contributed by atoms with Gasteiger partial charge in [-0.1, -0.05) is 29.8 Å². The number of ether oxygens (including phenoxy) is 2. The molecule has 0 saturated heterocycles. The molecule has 0 heterocycles. The molecule has 0 bridgehead atoms. The number of halogens is 1. The minimum Gasteiger partial charge on any atom is -0.508 e. The first-order valence-corrected chi connectivity index (χ1v) is 9.42. The highest BCUT2D eigenvalue weighted by molar-refractivity contribution is 9.10. The van der Waals surface area contributed by atoms with Gasteiger partial charge in [0.05, 0.1) is 11.6 Å². The Bertz CT molecular complexity index is 910. The van der Waals surface area contributed by atoms with Crippen molar-refractivity contribution in [3.8, 4) is 17.2 Å². The fraction of sp³-hybridized carbons (Fsp3) is 0.182. The smallest absolute Gasteiger partial charge is 0.175 e. The molecule has 3 aromatic carbocycles. The molecule has 0 saturated carbocycles. The molecule has 140 valence electrons. The minimum atomic E-state index is 0.250. The quantitative estimate of drug-likeness (QED) is 0.477. The molecule has 3 rings (SSSR count). The van der Waals surface area contributed by atoms with Crippen LogP contribution in [0.15, 0.2) is 65.1 Å². The number of hydrogen-bond donors (Lipinski definition) is 2. The molecule has 27 heavy (non-hydrogen) atoms. The minimum absolute atomic E-state index is 0.250. The molecule has 0 unspecified atom stereocenters. The lowest BCUT2D eigenvalue weighted by Gasteiger charge is -2.15. The molecular formula is C22H22BrNO3. The normalized spacial score (nSPS) is 10.5. The van der Waals surface area contributed by atoms with Gasteiger partial charge in [-0.25, -0.2) is 0 Å². The zero-order valence-electron chi connectivity index (χ0n) is 15.3. The SMILES string of the molecule is COc1cc(CNc2ccc(O)cc2)cc(Br)c1OCc1cccc(C)c1. The van der Waals surface area contributed by atoms with Crippen molar-refractivity contribution in [2.24, 2.45) is 0 Å². The van der Waals surface area contributed by atoms with Crippen LogP contribution < -0.4 is 14.8 Å². The van der Waals surface area contributed by atoms with E-state index in [0.717, 1.165) is 21.3 Å². The number of anilines is 1. The van der Waals surface area contributed by atoms with Crippen LogP contribution in [0.4, 0.5) is 5.69 Å². The topological polar surface area (TPSA) is 50.7 Å². The third-order valence-corrected chi connectivity index (χ3v) is 4.71. The summed E-state index contributed by atoms with van der Waals surface area (Å²) < 4.78 is 12.4. The van der Waals surface area contributed by atoms with Crippen molar-refractivity contribution in [1.29, 1.82) is 0 Å². The molecule has 0 aliphatic carbocycles. The van der Waals surface area contributed by atoms with Crippen molar-refractivity contribution in [3.63, 3.8) is 0 Å². The molecule has 0 spiro atoms. The van der Waals surface area contributed by atoms with Gasteiger partial charge in [-0.3, -0.25) is 0 Å². The molecule has 5 heteroatoms. The Kier molecular flexibility index (Phi) is 6.24. The molecule has 0 fully saturated rings. The average molecular weight is 428 g/mol. The van der Waals surface area contributed by atoms with E-state index in [-0.39, 0.29) is 5.75 Å². The van der Waals surface area contributed by atoms with Crippen molar-refractivity contribution in [3.05, 3.63) is 81.8 Å². The van der Waals surface area contributed by atoms with Gasteiger partial charge >= 0.3 is 0 Å². The Hall–Kier alpha value is -2.66. The van der Waals surface area contributed by atoms with E-state index in [4.69, 9.17) is 9.47 Å². The maximum Gasteiger partial charge on any atom is 0.175 e. The summed E-state index contributed by atoms with van der Waals surface area (Å²) in [6.07, 6.45) is 0. The summed E-state index contributed by atoms with van der Waals surface area (Å²) in [6, 6.07) is 19.2. The summed E-state index contributed by atoms with van der Waals surface area (Å²) >= 11 is 3.60. The number of benzene rings is 3. The van der Waals surface area contributed by atoms with Crippen LogP contribution in [0.2, 0.25) is 0 Å². The van der Waals surface area contributed by atoms with E-state index in [0.29, 0.717) is 24.7 Å². The Morgan fingerprint density at radius 2 is 1.78 bits per heavy atom. The molecule has 0 aliphatic heterocycles. The van der Waals surface area contributed by atoms with Crippen LogP contribution in [0.3, 0.4) is 0 Å². The Morgan fingerprint density at radius 1 is 1.00 bits per heavy atom. The number of hydrogen-bond acceptors (Lipinski definition) is 4. The standard InChI is InChI=1S/C22H22BrNO3/c1-15-4-3-5-16(10-15)14-27-22-20(23)11-17(12-21(22)26-2)13-24-18-6-8-19(25)9-7-18/h3-12,24-25H,13-14H2,1-2H3. The van der Waals surface area contributed by atoms with Crippen LogP contribution in [0.5, 0.6) is 17.2 Å². The fourth-order valence-corrected chi connectivity index (χ4v) is 3.36. The van der Waals surface area contributed by atoms with Gasteiger partial charge in [0.25, 0.3) is 0 Å². The molecule has 0 amide bonds. The van der Waals surface area contributed by atoms with Crippen LogP contribution >= 0.6 is 15.9 Å². The van der Waals surface area contributed by atoms with E-state index < -0.39 is 0 Å². The Morgan fingerprint density at radius 3 is 2.48 bits per heavy atom. The average Bonchev–Trinajstić information content (AvgIpc) is 2.66. The van der Waals surface area contributed by atoms with E-state index in [2.05, 4.69) is 40.3 Å². The fourth-order valence-electron chi connectivity index (χ4n) is 2.76. The maximum atomic E-state index is 9.36. The molecule has 2 N–H and O–H groups in total. The number of phenolic OH excluding ortho intramolecular Hbond substituents is 1. The second-order valence-electron chi connectivity index (χ2n) is 6.29. The summed E-state index contributed by atoms with van der Waals surface area (Å²) in [5.41, 5.74) is 4.30. The predicted molar refractivity (Wildman–Crippen MR) is 112 cm³/mol. The first-order valence-electron chi connectivity index (χ1n) is 8.63. The van der Waals surface area contributed by atoms with Gasteiger partial charge in [-0.05, 0) is 70.4 Å². The molecule has 0 radical (unpaired) electrons. The summed E-state index contributed by atoms with van der Waals surface area (Å²) in [6.45, 7) is 3.16. The highest BCUT2D eigenvalue weighted by atomic mass is 79.9. The molecule has 0 aromatic heterocycles. The van der Waals surface area contributed by atoms with Gasteiger partial charge in [0, 0.05) is 12.2 Å². The van der Waals surface area contributed by atoms with Crippen molar-refractivity contribution in [1.82, 2.24) is 0 Å². The van der Waals surface area contributed by atoms with Crippen LogP contribution in [0.1, 0.15) is 16.7 Å². The van der Waals surface area contributed by atoms with Crippen molar-refractivity contribution < 1.29 is 14.6 Å². The molecule has 3 aromatic rings. The first kappa shape index (κ1) is 19.1. The van der Waals surface area contributed by atoms with E-state index >= 15 is 0 Å². The van der Waals surface area contributed by atoms with Gasteiger partial charge in [-0.2, -0.15) is 0 Å². The summed E-state index contributed by atoms with van der Waals surface area (Å²) in [7, 11) is 1.64. The van der Waals surface area contributed by atoms with E-state index in [1.165, 1.54) is 5.56 Å². The number of methoxy groups -OCH3 is 1. The third kappa shape index (κ3) is 5.17. The molecule has 0 atom stereocenters. The number of nitrogens with one attached hydrogen (secondary N) is 1. The summed E-state index contributed by atoms with van der Waals surface area (Å²) in [4.78, 5) is 0. The monoisotopic (exact) mass is 427 g/mol. The van der Waals surface area contributed by atoms with Crippen LogP contribution in [-0.2, 0) is 13.2 Å². The van der Waals surface area contributed by atoms with Gasteiger partial charge in [0.1, 0.15) is 12.4 Å². The zero-order chi connectivity index (χ0) is 19.2. The highest BCUT2D eigenvalue weighted by Gasteiger charge is 2.12. The van der Waals surface area contributed by atoms with E-state index in [1.807, 2.05) is 36.4 Å². The Balaban J connectivity index is 1.71. The van der Waals surface area contributed by atoms with Crippen molar-refractivity contribution >= 4 is 21.6 Å². The predicted octanol–water partition coefficient (Wildman–Crippen LogP) is 5.66. The van der Waals surface area contributed by atoms with Gasteiger partial charge in [0.15, 0.2) is 11.5 Å². The lowest BCUT2D eigenvalue weighted by molar-refractivity contribution is 0.282. The summed E-state index contributed by atoms with van der Waals surface area (Å²) in [5, 5.41) is 12.7. The lowest BCUT2D eigenvalue weighted by Crippen LogP contribution is -2.03. The van der Waals surface area contributed by atoms with Crippen LogP contribution in [0, 0.1) is 6.92 Å². The van der Waals surface area contributed by atoms with E-state index in [1.54, 1.807) is 19.2 Å². The van der Waals surface area contributed by atoms with Gasteiger partial charge in [-0.15, -0.1) is 0 Å². The lowest BCUT2D eigenvalue weighted by atomic mass is 10.1. The largest absolute Gasteiger partial charge is 0.508 e. The van der Waals surface area contributed by atoms with Crippen molar-refractivity contribution in [2.75, 3.05) is 12.4 Å². The van der Waals surface area contributed by atoms with E-state index in [9.17, 15) is 5.11 Å². The highest BCUT2D eigenvalue weighted by Crippen LogP contribution is 2.37. The number of aromatic hydroxyl groups is 1. The number of rotatable bonds is 7.